The van der Waals surface area contributed by atoms with Gasteiger partial charge in [-0.25, -0.2) is 0 Å². The molecule has 1 unspecified atom stereocenters. The molecule has 1 aliphatic heterocycles. The molecule has 1 N–H and O–H groups in total. The lowest BCUT2D eigenvalue weighted by Gasteiger charge is -2.73. The smallest absolute Gasteiger partial charge is 0.309 e. The van der Waals surface area contributed by atoms with Gasteiger partial charge in [0.2, 0.25) is 0 Å². The number of hydrogen-bond acceptors (Lipinski definition) is 6. The molecule has 0 radical (unpaired) electrons. The van der Waals surface area contributed by atoms with Crippen LogP contribution in [0.1, 0.15) is 159 Å². The number of piperazine rings is 1. The average molecular weight is 777 g/mol. The number of ketones is 1. The number of Topliss-reactive ketones (excluding diaryl/α,β-unsaturated/α-hetero) is 1. The minimum Gasteiger partial charge on any atom is -0.481 e. The molecule has 1 heterocycles. The van der Waals surface area contributed by atoms with E-state index in [0.717, 1.165) is 63.8 Å². The normalized spacial score (nSPS) is 43.9. The zero-order chi connectivity index (χ0) is 40.6. The predicted molar refractivity (Wildman–Crippen MR) is 224 cm³/mol. The van der Waals surface area contributed by atoms with Crippen molar-refractivity contribution in [3.63, 3.8) is 0 Å². The van der Waals surface area contributed by atoms with Crippen LogP contribution in [-0.2, 0) is 19.1 Å². The van der Waals surface area contributed by atoms with Crippen LogP contribution in [-0.4, -0.2) is 78.0 Å². The van der Waals surface area contributed by atoms with Crippen LogP contribution in [0.15, 0.2) is 12.2 Å². The third kappa shape index (κ3) is 6.88. The summed E-state index contributed by atoms with van der Waals surface area (Å²) >= 11 is 0. The molecule has 7 rings (SSSR count). The van der Waals surface area contributed by atoms with Crippen molar-refractivity contribution in [1.29, 1.82) is 0 Å². The summed E-state index contributed by atoms with van der Waals surface area (Å²) in [6, 6.07) is 0. The van der Waals surface area contributed by atoms with Gasteiger partial charge in [0.15, 0.2) is 0 Å². The molecular weight excluding hydrogens is 697 g/mol. The number of carbonyl (C=O) groups excluding carboxylic acids is 2. The van der Waals surface area contributed by atoms with E-state index in [4.69, 9.17) is 4.74 Å². The van der Waals surface area contributed by atoms with Gasteiger partial charge in [0.25, 0.3) is 0 Å². The van der Waals surface area contributed by atoms with E-state index in [9.17, 15) is 14.7 Å². The predicted octanol–water partition coefficient (Wildman–Crippen LogP) is 10.1. The van der Waals surface area contributed by atoms with Gasteiger partial charge in [-0.2, -0.15) is 0 Å². The van der Waals surface area contributed by atoms with Crippen LogP contribution >= 0.6 is 0 Å². The van der Waals surface area contributed by atoms with Crippen molar-refractivity contribution < 1.29 is 24.2 Å². The summed E-state index contributed by atoms with van der Waals surface area (Å²) in [5.74, 6) is 3.02. The van der Waals surface area contributed by atoms with E-state index >= 15 is 4.79 Å². The summed E-state index contributed by atoms with van der Waals surface area (Å²) in [7, 11) is 0. The number of likely N-dealkylation sites (N-methyl/N-ethyl adjacent to an activating group) is 1. The third-order valence-electron chi connectivity index (χ3n) is 19.6. The highest BCUT2D eigenvalue weighted by molar-refractivity contribution is 5.86. The van der Waals surface area contributed by atoms with Crippen LogP contribution < -0.4 is 0 Å². The van der Waals surface area contributed by atoms with Crippen molar-refractivity contribution in [1.82, 2.24) is 9.80 Å². The third-order valence-corrected chi connectivity index (χ3v) is 19.6. The number of esters is 1. The summed E-state index contributed by atoms with van der Waals surface area (Å²) in [5, 5.41) is 9.65. The van der Waals surface area contributed by atoms with Crippen molar-refractivity contribution >= 4 is 17.7 Å². The molecule has 0 aromatic rings. The number of rotatable bonds is 11. The fourth-order valence-corrected chi connectivity index (χ4v) is 16.1. The largest absolute Gasteiger partial charge is 0.481 e. The van der Waals surface area contributed by atoms with Crippen LogP contribution in [0.3, 0.4) is 0 Å². The van der Waals surface area contributed by atoms with Crippen molar-refractivity contribution in [2.45, 2.75) is 165 Å². The molecule has 6 saturated carbocycles. The second kappa shape index (κ2) is 15.1. The minimum absolute atomic E-state index is 0.105. The summed E-state index contributed by atoms with van der Waals surface area (Å²) in [5.41, 5.74) is 0.304. The van der Waals surface area contributed by atoms with E-state index in [1.54, 1.807) is 13.8 Å². The first-order chi connectivity index (χ1) is 26.2. The molecule has 12 atom stereocenters. The molecule has 0 amide bonds. The lowest BCUT2D eigenvalue weighted by molar-refractivity contribution is -0.249. The Hall–Kier alpha value is -1.73. The standard InChI is InChI=1S/C49H80N2O5/c1-11-50-24-26-51(27-25-50)31-34-13-12-33(28-34)29-39(52)49-21-16-35(32(2)3)42(49)36-14-15-38-46(8)19-18-40(56-41(53)30-44(4,5)43(54)55)45(6,7)37(46)17-20-48(38,10)47(36,9)22-23-49/h33-38,40,42H,2,11-31H2,1,3-10H3,(H,54,55)/t33-,34?,35+,36-,37+,38-,40+,42-,46+,47-,48-,49-/m1/s1. The monoisotopic (exact) mass is 777 g/mol. The van der Waals surface area contributed by atoms with Gasteiger partial charge in [0.1, 0.15) is 11.9 Å². The molecule has 1 saturated heterocycles. The minimum atomic E-state index is -1.14. The lowest BCUT2D eigenvalue weighted by atomic mass is 9.32. The van der Waals surface area contributed by atoms with Gasteiger partial charge in [-0.1, -0.05) is 53.7 Å². The Morgan fingerprint density at radius 1 is 0.786 bits per heavy atom. The Labute approximate surface area is 340 Å². The molecule has 7 aliphatic rings. The Balaban J connectivity index is 1.06. The molecule has 0 bridgehead atoms. The highest BCUT2D eigenvalue weighted by Gasteiger charge is 2.72. The van der Waals surface area contributed by atoms with E-state index in [1.165, 1.54) is 76.8 Å². The first kappa shape index (κ1) is 42.4. The second-order valence-electron chi connectivity index (χ2n) is 23.0. The molecule has 7 fully saturated rings. The number of nitrogens with zero attached hydrogens (tertiary/aromatic N) is 2. The Kier molecular flexibility index (Phi) is 11.4. The molecule has 56 heavy (non-hydrogen) atoms. The van der Waals surface area contributed by atoms with Gasteiger partial charge in [0.05, 0.1) is 11.8 Å². The quantitative estimate of drug-likeness (QED) is 0.165. The maximum absolute atomic E-state index is 15.0. The van der Waals surface area contributed by atoms with Gasteiger partial charge in [-0.3, -0.25) is 14.4 Å². The molecule has 0 aromatic heterocycles. The number of carboxylic acid groups (broad SMARTS) is 1. The van der Waals surface area contributed by atoms with Gasteiger partial charge in [-0.15, -0.1) is 0 Å². The van der Waals surface area contributed by atoms with E-state index < -0.39 is 11.4 Å². The first-order valence-electron chi connectivity index (χ1n) is 23.3. The second-order valence-corrected chi connectivity index (χ2v) is 23.0. The zero-order valence-corrected chi connectivity index (χ0v) is 37.1. The van der Waals surface area contributed by atoms with Crippen molar-refractivity contribution in [3.8, 4) is 0 Å². The van der Waals surface area contributed by atoms with E-state index in [-0.39, 0.29) is 45.6 Å². The SMILES string of the molecule is C=C(C)[C@@H]1CC[C@]2(C(=O)C[C@@H]3CCC(CN4CCN(CC)CC4)C3)CC[C@]3(C)[C@H](CC[C@@H]4[C@@]5(C)CC[C@H](OC(=O)CC(C)(C)C(=O)O)C(C)(C)[C@@H]5CC[C@]43C)[C@@H]12. The van der Waals surface area contributed by atoms with Crippen LogP contribution in [0.25, 0.3) is 0 Å². The Morgan fingerprint density at radius 2 is 1.46 bits per heavy atom. The van der Waals surface area contributed by atoms with Crippen LogP contribution in [0.2, 0.25) is 0 Å². The zero-order valence-electron chi connectivity index (χ0n) is 37.1. The highest BCUT2D eigenvalue weighted by Crippen LogP contribution is 2.78. The topological polar surface area (TPSA) is 87.2 Å². The molecule has 316 valence electrons. The van der Waals surface area contributed by atoms with Gasteiger partial charge >= 0.3 is 11.9 Å². The lowest BCUT2D eigenvalue weighted by Crippen LogP contribution is -2.67. The number of fused-ring (bicyclic) bond motifs is 7. The number of hydrogen-bond donors (Lipinski definition) is 1. The number of carbonyl (C=O) groups is 3. The molecule has 6 aliphatic carbocycles. The van der Waals surface area contributed by atoms with Gasteiger partial charge in [-0.05, 0) is 168 Å². The summed E-state index contributed by atoms with van der Waals surface area (Å²) in [6.07, 6.45) is 15.3. The van der Waals surface area contributed by atoms with Gasteiger partial charge < -0.3 is 19.6 Å². The fraction of sp³-hybridized carbons (Fsp3) is 0.898. The van der Waals surface area contributed by atoms with Crippen LogP contribution in [0, 0.1) is 73.9 Å². The first-order valence-corrected chi connectivity index (χ1v) is 23.3. The number of aliphatic carboxylic acids is 1. The highest BCUT2D eigenvalue weighted by atomic mass is 16.5. The number of allylic oxidation sites excluding steroid dienone is 1. The van der Waals surface area contributed by atoms with Crippen LogP contribution in [0.5, 0.6) is 0 Å². The summed E-state index contributed by atoms with van der Waals surface area (Å²) in [6.45, 7) is 32.1. The summed E-state index contributed by atoms with van der Waals surface area (Å²) in [4.78, 5) is 45.3. The maximum atomic E-state index is 15.0. The molecule has 0 aromatic carbocycles. The van der Waals surface area contributed by atoms with Crippen molar-refractivity contribution in [2.75, 3.05) is 39.3 Å². The van der Waals surface area contributed by atoms with E-state index in [0.29, 0.717) is 41.3 Å². The van der Waals surface area contributed by atoms with Crippen LogP contribution in [0.4, 0.5) is 0 Å². The van der Waals surface area contributed by atoms with Gasteiger partial charge in [0, 0.05) is 50.0 Å². The molecule has 7 nitrogen and oxygen atoms in total. The van der Waals surface area contributed by atoms with Crippen molar-refractivity contribution in [2.24, 2.45) is 73.9 Å². The molecule has 0 spiro atoms. The maximum Gasteiger partial charge on any atom is 0.309 e. The summed E-state index contributed by atoms with van der Waals surface area (Å²) < 4.78 is 6.22. The Morgan fingerprint density at radius 3 is 2.12 bits per heavy atom. The fourth-order valence-electron chi connectivity index (χ4n) is 16.1. The van der Waals surface area contributed by atoms with E-state index in [2.05, 4.69) is 64.8 Å². The van der Waals surface area contributed by atoms with E-state index in [1.807, 2.05) is 0 Å². The van der Waals surface area contributed by atoms with Crippen molar-refractivity contribution in [3.05, 3.63) is 12.2 Å². The Bertz CT molecular complexity index is 1530. The number of ether oxygens (including phenoxy) is 1. The molecule has 7 heteroatoms. The number of carboxylic acids is 1. The average Bonchev–Trinajstić information content (AvgIpc) is 3.75. The molecular formula is C49H80N2O5.